The Hall–Kier alpha value is -1.51. The van der Waals surface area contributed by atoms with E-state index < -0.39 is 0 Å². The number of aliphatic imine (C=N–C) groups is 1. The lowest BCUT2D eigenvalue weighted by atomic mass is 9.95. The molecule has 0 radical (unpaired) electrons. The van der Waals surface area contributed by atoms with Gasteiger partial charge in [0.1, 0.15) is 5.76 Å². The van der Waals surface area contributed by atoms with E-state index in [-0.39, 0.29) is 24.0 Å². The molecular formula is C20H30IN5O. The van der Waals surface area contributed by atoms with Gasteiger partial charge in [0, 0.05) is 50.9 Å². The first-order valence-corrected chi connectivity index (χ1v) is 9.82. The molecule has 2 aromatic heterocycles. The maximum atomic E-state index is 5.41. The van der Waals surface area contributed by atoms with Crippen molar-refractivity contribution >= 4 is 29.9 Å². The Morgan fingerprint density at radius 2 is 2.22 bits per heavy atom. The number of halogens is 1. The van der Waals surface area contributed by atoms with Crippen LogP contribution < -0.4 is 10.6 Å². The summed E-state index contributed by atoms with van der Waals surface area (Å²) in [5.74, 6) is 3.68. The third-order valence-electron chi connectivity index (χ3n) is 5.86. The predicted octanol–water partition coefficient (Wildman–Crippen LogP) is 3.14. The van der Waals surface area contributed by atoms with Crippen molar-refractivity contribution in [3.8, 4) is 0 Å². The van der Waals surface area contributed by atoms with Crippen LogP contribution in [0.2, 0.25) is 0 Å². The summed E-state index contributed by atoms with van der Waals surface area (Å²) in [4.78, 5) is 4.80. The molecule has 27 heavy (non-hydrogen) atoms. The summed E-state index contributed by atoms with van der Waals surface area (Å²) >= 11 is 0. The van der Waals surface area contributed by atoms with Crippen LogP contribution >= 0.6 is 24.0 Å². The van der Waals surface area contributed by atoms with Gasteiger partial charge in [0.15, 0.2) is 5.96 Å². The Morgan fingerprint density at radius 1 is 1.30 bits per heavy atom. The smallest absolute Gasteiger partial charge is 0.191 e. The van der Waals surface area contributed by atoms with Gasteiger partial charge in [-0.1, -0.05) is 6.42 Å². The van der Waals surface area contributed by atoms with E-state index >= 15 is 0 Å². The van der Waals surface area contributed by atoms with Crippen LogP contribution in [0.15, 0.2) is 40.1 Å². The molecule has 6 nitrogen and oxygen atoms in total. The molecule has 0 amide bonds. The first-order chi connectivity index (χ1) is 12.8. The van der Waals surface area contributed by atoms with E-state index in [2.05, 4.69) is 21.8 Å². The number of furan rings is 1. The highest BCUT2D eigenvalue weighted by atomic mass is 127. The number of nitrogens with zero attached hydrogens (tertiary/aromatic N) is 3. The van der Waals surface area contributed by atoms with E-state index in [9.17, 15) is 0 Å². The monoisotopic (exact) mass is 483 g/mol. The molecule has 2 aliphatic rings. The van der Waals surface area contributed by atoms with Crippen molar-refractivity contribution in [1.29, 1.82) is 0 Å². The third-order valence-corrected chi connectivity index (χ3v) is 5.86. The molecule has 2 N–H and O–H groups in total. The summed E-state index contributed by atoms with van der Waals surface area (Å²) in [6.07, 6.45) is 10.8. The molecule has 2 aromatic rings. The van der Waals surface area contributed by atoms with E-state index in [1.165, 1.54) is 31.4 Å². The number of rotatable bonds is 7. The van der Waals surface area contributed by atoms with Gasteiger partial charge in [-0.25, -0.2) is 0 Å². The molecule has 2 aliphatic carbocycles. The number of fused-ring (bicyclic) bond motifs is 2. The summed E-state index contributed by atoms with van der Waals surface area (Å²) < 4.78 is 7.34. The van der Waals surface area contributed by atoms with Crippen LogP contribution in [0.5, 0.6) is 0 Å². The van der Waals surface area contributed by atoms with Crippen LogP contribution in [0.1, 0.15) is 37.1 Å². The summed E-state index contributed by atoms with van der Waals surface area (Å²) in [6, 6.07) is 6.59. The quantitative estimate of drug-likeness (QED) is 0.361. The summed E-state index contributed by atoms with van der Waals surface area (Å²) in [5, 5.41) is 11.5. The molecular weight excluding hydrogens is 453 g/mol. The lowest BCUT2D eigenvalue weighted by molar-refractivity contribution is 0.387. The Labute approximate surface area is 178 Å². The van der Waals surface area contributed by atoms with Crippen molar-refractivity contribution in [2.24, 2.45) is 23.9 Å². The molecule has 0 aromatic carbocycles. The molecule has 2 heterocycles. The van der Waals surface area contributed by atoms with Crippen LogP contribution in [-0.4, -0.2) is 34.9 Å². The second kappa shape index (κ2) is 9.61. The maximum absolute atomic E-state index is 5.41. The minimum Gasteiger partial charge on any atom is -0.469 e. The number of hydrogen-bond acceptors (Lipinski definition) is 3. The first kappa shape index (κ1) is 20.2. The van der Waals surface area contributed by atoms with E-state index in [0.29, 0.717) is 6.04 Å². The van der Waals surface area contributed by atoms with Crippen molar-refractivity contribution in [1.82, 2.24) is 20.4 Å². The molecule has 0 aliphatic heterocycles. The lowest BCUT2D eigenvalue weighted by Crippen LogP contribution is -2.46. The minimum atomic E-state index is 0. The standard InChI is InChI=1S/C20H29N5O.HI/c1-25-17(7-11-23-25)6-9-21-20(22-10-8-18-3-2-12-26-18)24-19-14-15-4-5-16(19)13-15;/h2-3,7,11-12,15-16,19H,4-6,8-10,13-14H2,1H3,(H2,21,22,24);1H. The van der Waals surface area contributed by atoms with Gasteiger partial charge in [-0.3, -0.25) is 9.67 Å². The zero-order valence-electron chi connectivity index (χ0n) is 15.9. The Bertz CT molecular complexity index is 727. The molecule has 3 atom stereocenters. The number of guanidine groups is 1. The molecule has 2 fully saturated rings. The molecule has 4 rings (SSSR count). The van der Waals surface area contributed by atoms with E-state index in [1.807, 2.05) is 30.1 Å². The minimum absolute atomic E-state index is 0. The number of nitrogens with one attached hydrogen (secondary N) is 2. The van der Waals surface area contributed by atoms with Crippen molar-refractivity contribution in [2.75, 3.05) is 13.1 Å². The molecule has 2 saturated carbocycles. The summed E-state index contributed by atoms with van der Waals surface area (Å²) in [6.45, 7) is 1.59. The van der Waals surface area contributed by atoms with Gasteiger partial charge in [0.2, 0.25) is 0 Å². The second-order valence-electron chi connectivity index (χ2n) is 7.61. The molecule has 0 spiro atoms. The molecule has 0 saturated heterocycles. The normalized spacial score (nSPS) is 24.0. The van der Waals surface area contributed by atoms with E-state index in [4.69, 9.17) is 9.41 Å². The zero-order chi connectivity index (χ0) is 17.8. The predicted molar refractivity (Wildman–Crippen MR) is 117 cm³/mol. The largest absolute Gasteiger partial charge is 0.469 e. The topological polar surface area (TPSA) is 67.4 Å². The average molecular weight is 483 g/mol. The highest BCUT2D eigenvalue weighted by Gasteiger charge is 2.39. The highest BCUT2D eigenvalue weighted by molar-refractivity contribution is 14.0. The fourth-order valence-corrected chi connectivity index (χ4v) is 4.44. The second-order valence-corrected chi connectivity index (χ2v) is 7.61. The van der Waals surface area contributed by atoms with Gasteiger partial charge in [0.05, 0.1) is 6.26 Å². The SMILES string of the molecule is Cn1nccc1CCNC(=NCCc1ccco1)NC1CC2CCC1C2.I. The fourth-order valence-electron chi connectivity index (χ4n) is 4.44. The number of aromatic nitrogens is 2. The lowest BCUT2D eigenvalue weighted by Gasteiger charge is -2.25. The molecule has 3 unspecified atom stereocenters. The molecule has 2 bridgehead atoms. The van der Waals surface area contributed by atoms with Crippen LogP contribution in [0.25, 0.3) is 0 Å². The van der Waals surface area contributed by atoms with Gasteiger partial charge in [0.25, 0.3) is 0 Å². The van der Waals surface area contributed by atoms with Crippen molar-refractivity contribution < 1.29 is 4.42 Å². The van der Waals surface area contributed by atoms with Crippen molar-refractivity contribution in [3.05, 3.63) is 42.1 Å². The summed E-state index contributed by atoms with van der Waals surface area (Å²) in [7, 11) is 1.99. The zero-order valence-corrected chi connectivity index (χ0v) is 18.3. The Balaban J connectivity index is 0.00000210. The van der Waals surface area contributed by atoms with Crippen molar-refractivity contribution in [3.63, 3.8) is 0 Å². The Morgan fingerprint density at radius 3 is 2.89 bits per heavy atom. The average Bonchev–Trinajstić information content (AvgIpc) is 3.41. The van der Waals surface area contributed by atoms with Crippen LogP contribution in [0.4, 0.5) is 0 Å². The molecule has 7 heteroatoms. The highest BCUT2D eigenvalue weighted by Crippen LogP contribution is 2.44. The number of hydrogen-bond donors (Lipinski definition) is 2. The number of aryl methyl sites for hydroxylation is 1. The van der Waals surface area contributed by atoms with E-state index in [1.54, 1.807) is 6.26 Å². The van der Waals surface area contributed by atoms with Crippen LogP contribution in [0.3, 0.4) is 0 Å². The van der Waals surface area contributed by atoms with Crippen LogP contribution in [0, 0.1) is 11.8 Å². The van der Waals surface area contributed by atoms with Gasteiger partial charge < -0.3 is 15.1 Å². The van der Waals surface area contributed by atoms with Crippen LogP contribution in [-0.2, 0) is 19.9 Å². The van der Waals surface area contributed by atoms with Gasteiger partial charge in [-0.05, 0) is 49.3 Å². The van der Waals surface area contributed by atoms with Gasteiger partial charge in [-0.15, -0.1) is 24.0 Å². The Kier molecular flexibility index (Phi) is 7.20. The van der Waals surface area contributed by atoms with Gasteiger partial charge >= 0.3 is 0 Å². The summed E-state index contributed by atoms with van der Waals surface area (Å²) in [5.41, 5.74) is 1.23. The fraction of sp³-hybridized carbons (Fsp3) is 0.600. The van der Waals surface area contributed by atoms with Gasteiger partial charge in [-0.2, -0.15) is 5.10 Å². The van der Waals surface area contributed by atoms with E-state index in [0.717, 1.165) is 49.5 Å². The maximum Gasteiger partial charge on any atom is 0.191 e. The first-order valence-electron chi connectivity index (χ1n) is 9.82. The third kappa shape index (κ3) is 5.27. The van der Waals surface area contributed by atoms with Crippen molar-refractivity contribution in [2.45, 2.75) is 44.6 Å². The molecule has 148 valence electrons.